The Labute approximate surface area is 83.8 Å². The van der Waals surface area contributed by atoms with E-state index in [1.807, 2.05) is 6.08 Å². The van der Waals surface area contributed by atoms with Crippen molar-refractivity contribution in [2.45, 2.75) is 19.3 Å². The number of Topliss-reactive ketones (excluding diaryl/α,β-unsaturated/α-hetero) is 1. The Morgan fingerprint density at radius 1 is 1.50 bits per heavy atom. The molecule has 0 saturated heterocycles. The van der Waals surface area contributed by atoms with Crippen LogP contribution in [0.25, 0.3) is 0 Å². The molecule has 0 N–H and O–H groups in total. The van der Waals surface area contributed by atoms with Crippen molar-refractivity contribution in [3.8, 4) is 0 Å². The standard InChI is InChI=1S/C9H15O4P/c1-12-14(11,13-2)7-9(10)8-5-3-4-6-8/h5H,3-4,6-7H2,1-2H3. The predicted octanol–water partition coefficient (Wildman–Crippen LogP) is 2.15. The van der Waals surface area contributed by atoms with Crippen LogP contribution in [0.5, 0.6) is 0 Å². The Balaban J connectivity index is 2.59. The van der Waals surface area contributed by atoms with Crippen LogP contribution in [0.3, 0.4) is 0 Å². The van der Waals surface area contributed by atoms with Gasteiger partial charge in [0.05, 0.1) is 0 Å². The third-order valence-corrected chi connectivity index (χ3v) is 4.08. The van der Waals surface area contributed by atoms with Gasteiger partial charge in [0.1, 0.15) is 6.16 Å². The van der Waals surface area contributed by atoms with Gasteiger partial charge < -0.3 is 9.05 Å². The van der Waals surface area contributed by atoms with Crippen molar-refractivity contribution in [1.82, 2.24) is 0 Å². The zero-order valence-electron chi connectivity index (χ0n) is 8.49. The van der Waals surface area contributed by atoms with Crippen LogP contribution in [0.15, 0.2) is 11.6 Å². The van der Waals surface area contributed by atoms with Crippen LogP contribution in [-0.2, 0) is 18.4 Å². The second kappa shape index (κ2) is 4.87. The Hall–Kier alpha value is -0.440. The van der Waals surface area contributed by atoms with E-state index in [4.69, 9.17) is 9.05 Å². The smallest absolute Gasteiger partial charge is 0.312 e. The van der Waals surface area contributed by atoms with Crippen molar-refractivity contribution in [3.05, 3.63) is 11.6 Å². The van der Waals surface area contributed by atoms with Crippen molar-refractivity contribution in [2.24, 2.45) is 0 Å². The van der Waals surface area contributed by atoms with Gasteiger partial charge in [-0.2, -0.15) is 0 Å². The molecule has 0 aliphatic heterocycles. The fourth-order valence-electron chi connectivity index (χ4n) is 1.41. The Bertz CT molecular complexity index is 287. The summed E-state index contributed by atoms with van der Waals surface area (Å²) in [6, 6.07) is 0. The maximum absolute atomic E-state index is 11.6. The molecule has 0 amide bonds. The zero-order valence-corrected chi connectivity index (χ0v) is 9.38. The predicted molar refractivity (Wildman–Crippen MR) is 53.4 cm³/mol. The summed E-state index contributed by atoms with van der Waals surface area (Å²) in [6.07, 6.45) is 4.48. The summed E-state index contributed by atoms with van der Waals surface area (Å²) in [5, 5.41) is 0. The van der Waals surface area contributed by atoms with Crippen molar-refractivity contribution in [2.75, 3.05) is 20.4 Å². The molecule has 1 rings (SSSR count). The van der Waals surface area contributed by atoms with Crippen LogP contribution < -0.4 is 0 Å². The normalized spacial score (nSPS) is 16.9. The summed E-state index contributed by atoms with van der Waals surface area (Å²) in [4.78, 5) is 11.6. The number of carbonyl (C=O) groups is 1. The molecule has 0 aromatic carbocycles. The summed E-state index contributed by atoms with van der Waals surface area (Å²) >= 11 is 0. The quantitative estimate of drug-likeness (QED) is 0.663. The minimum absolute atomic E-state index is 0.116. The molecule has 0 unspecified atom stereocenters. The molecule has 0 spiro atoms. The van der Waals surface area contributed by atoms with E-state index in [0.717, 1.165) is 24.8 Å². The highest BCUT2D eigenvalue weighted by molar-refractivity contribution is 7.54. The maximum atomic E-state index is 11.6. The van der Waals surface area contributed by atoms with E-state index >= 15 is 0 Å². The number of carbonyl (C=O) groups excluding carboxylic acids is 1. The molecule has 5 heteroatoms. The van der Waals surface area contributed by atoms with Crippen LogP contribution in [0.2, 0.25) is 0 Å². The number of hydrogen-bond acceptors (Lipinski definition) is 4. The molecule has 0 saturated carbocycles. The minimum atomic E-state index is -3.18. The second-order valence-corrected chi connectivity index (χ2v) is 5.45. The van der Waals surface area contributed by atoms with Gasteiger partial charge in [-0.05, 0) is 24.8 Å². The first-order valence-corrected chi connectivity index (χ1v) is 6.27. The number of rotatable bonds is 5. The van der Waals surface area contributed by atoms with Gasteiger partial charge in [0.15, 0.2) is 5.78 Å². The lowest BCUT2D eigenvalue weighted by Gasteiger charge is -2.12. The lowest BCUT2D eigenvalue weighted by atomic mass is 10.2. The summed E-state index contributed by atoms with van der Waals surface area (Å²) < 4.78 is 21.0. The Morgan fingerprint density at radius 3 is 2.57 bits per heavy atom. The lowest BCUT2D eigenvalue weighted by Crippen LogP contribution is -2.09. The average Bonchev–Trinajstić information content (AvgIpc) is 2.70. The Morgan fingerprint density at radius 2 is 2.14 bits per heavy atom. The molecule has 80 valence electrons. The number of ketones is 1. The summed E-state index contributed by atoms with van der Waals surface area (Å²) in [5.74, 6) is -0.116. The maximum Gasteiger partial charge on any atom is 0.337 e. The molecule has 0 aromatic rings. The molecule has 1 aliphatic rings. The van der Waals surface area contributed by atoms with Crippen LogP contribution >= 0.6 is 7.60 Å². The molecule has 0 heterocycles. The van der Waals surface area contributed by atoms with Gasteiger partial charge in [-0.1, -0.05) is 6.08 Å². The molecule has 0 aromatic heterocycles. The van der Waals surface area contributed by atoms with E-state index in [0.29, 0.717) is 0 Å². The molecule has 4 nitrogen and oxygen atoms in total. The molecular formula is C9H15O4P. The van der Waals surface area contributed by atoms with Crippen molar-refractivity contribution in [1.29, 1.82) is 0 Å². The summed E-state index contributed by atoms with van der Waals surface area (Å²) in [5.41, 5.74) is 0.763. The van der Waals surface area contributed by atoms with Crippen LogP contribution in [-0.4, -0.2) is 26.2 Å². The third-order valence-electron chi connectivity index (χ3n) is 2.29. The first-order valence-electron chi connectivity index (χ1n) is 4.54. The van der Waals surface area contributed by atoms with Crippen molar-refractivity contribution < 1.29 is 18.4 Å². The van der Waals surface area contributed by atoms with Gasteiger partial charge in [-0.25, -0.2) is 0 Å². The van der Waals surface area contributed by atoms with Crippen molar-refractivity contribution >= 4 is 13.4 Å². The fourth-order valence-corrected chi connectivity index (χ4v) is 2.37. The van der Waals surface area contributed by atoms with Gasteiger partial charge in [0.25, 0.3) is 0 Å². The van der Waals surface area contributed by atoms with Gasteiger partial charge in [0, 0.05) is 14.2 Å². The highest BCUT2D eigenvalue weighted by Crippen LogP contribution is 2.46. The topological polar surface area (TPSA) is 52.6 Å². The number of hydrogen-bond donors (Lipinski definition) is 0. The molecular weight excluding hydrogens is 203 g/mol. The molecule has 0 radical (unpaired) electrons. The van der Waals surface area contributed by atoms with E-state index in [1.165, 1.54) is 14.2 Å². The van der Waals surface area contributed by atoms with Crippen LogP contribution in [0.1, 0.15) is 19.3 Å². The number of allylic oxidation sites excluding steroid dienone is 2. The first-order chi connectivity index (χ1) is 6.61. The molecule has 14 heavy (non-hydrogen) atoms. The van der Waals surface area contributed by atoms with Crippen LogP contribution in [0.4, 0.5) is 0 Å². The summed E-state index contributed by atoms with van der Waals surface area (Å²) in [7, 11) is -0.596. The van der Waals surface area contributed by atoms with Gasteiger partial charge in [0.2, 0.25) is 0 Å². The van der Waals surface area contributed by atoms with E-state index in [-0.39, 0.29) is 11.9 Å². The average molecular weight is 218 g/mol. The first kappa shape index (κ1) is 11.6. The molecule has 0 fully saturated rings. The SMILES string of the molecule is COP(=O)(CC(=O)C1=CCCC1)OC. The fraction of sp³-hybridized carbons (Fsp3) is 0.667. The van der Waals surface area contributed by atoms with E-state index < -0.39 is 7.60 Å². The van der Waals surface area contributed by atoms with Gasteiger partial charge >= 0.3 is 7.60 Å². The zero-order chi connectivity index (χ0) is 10.6. The van der Waals surface area contributed by atoms with Crippen molar-refractivity contribution in [3.63, 3.8) is 0 Å². The van der Waals surface area contributed by atoms with E-state index in [1.54, 1.807) is 0 Å². The lowest BCUT2D eigenvalue weighted by molar-refractivity contribution is -0.113. The largest absolute Gasteiger partial charge is 0.337 e. The van der Waals surface area contributed by atoms with Gasteiger partial charge in [-0.15, -0.1) is 0 Å². The van der Waals surface area contributed by atoms with E-state index in [9.17, 15) is 9.36 Å². The Kier molecular flexibility index (Phi) is 4.05. The summed E-state index contributed by atoms with van der Waals surface area (Å²) in [6.45, 7) is 0. The monoisotopic (exact) mass is 218 g/mol. The molecule has 0 atom stereocenters. The van der Waals surface area contributed by atoms with Gasteiger partial charge in [-0.3, -0.25) is 9.36 Å². The second-order valence-electron chi connectivity index (χ2n) is 3.18. The van der Waals surface area contributed by atoms with E-state index in [2.05, 4.69) is 0 Å². The van der Waals surface area contributed by atoms with Crippen LogP contribution in [0, 0.1) is 0 Å². The minimum Gasteiger partial charge on any atom is -0.312 e. The molecule has 0 bridgehead atoms. The highest BCUT2D eigenvalue weighted by atomic mass is 31.2. The third kappa shape index (κ3) is 2.77. The molecule has 1 aliphatic carbocycles. The highest BCUT2D eigenvalue weighted by Gasteiger charge is 2.27.